The Balaban J connectivity index is 1.53. The third-order valence-corrected chi connectivity index (χ3v) is 5.73. The van der Waals surface area contributed by atoms with Crippen LogP contribution in [-0.4, -0.2) is 16.7 Å². The summed E-state index contributed by atoms with van der Waals surface area (Å²) < 4.78 is 13.6. The van der Waals surface area contributed by atoms with E-state index in [9.17, 15) is 9.18 Å². The van der Waals surface area contributed by atoms with Crippen molar-refractivity contribution in [1.82, 2.24) is 15.6 Å². The van der Waals surface area contributed by atoms with Gasteiger partial charge in [-0.25, -0.2) is 9.38 Å². The predicted molar refractivity (Wildman–Crippen MR) is 119 cm³/mol. The second kappa shape index (κ2) is 7.43. The summed E-state index contributed by atoms with van der Waals surface area (Å²) in [5.41, 5.74) is 11.6. The molecule has 2 aromatic carbocycles. The molecule has 0 saturated carbocycles. The Morgan fingerprint density at radius 3 is 2.94 bits per heavy atom. The second-order valence-electron chi connectivity index (χ2n) is 7.76. The Morgan fingerprint density at radius 1 is 1.29 bits per heavy atom. The van der Waals surface area contributed by atoms with Gasteiger partial charge >= 0.3 is 0 Å². The molecule has 1 aromatic heterocycles. The number of halogens is 1. The van der Waals surface area contributed by atoms with Gasteiger partial charge in [0.05, 0.1) is 11.1 Å². The first-order chi connectivity index (χ1) is 15.0. The number of hydrogen-bond donors (Lipinski definition) is 4. The number of nitrogens with zero attached hydrogens (tertiary/aromatic N) is 1. The monoisotopic (exact) mass is 415 g/mol. The molecule has 2 heterocycles. The van der Waals surface area contributed by atoms with Gasteiger partial charge in [-0.2, -0.15) is 0 Å². The van der Waals surface area contributed by atoms with Gasteiger partial charge in [0.15, 0.2) is 0 Å². The molecule has 0 radical (unpaired) electrons. The molecule has 6 nitrogen and oxygen atoms in total. The first kappa shape index (κ1) is 19.1. The number of para-hydroxylation sites is 1. The molecule has 1 unspecified atom stereocenters. The second-order valence-corrected chi connectivity index (χ2v) is 7.76. The Labute approximate surface area is 178 Å². The van der Waals surface area contributed by atoms with Crippen molar-refractivity contribution in [3.8, 4) is 0 Å². The fraction of sp³-hybridized carbons (Fsp3) is 0.167. The van der Waals surface area contributed by atoms with Gasteiger partial charge in [0.1, 0.15) is 17.8 Å². The van der Waals surface area contributed by atoms with Crippen molar-refractivity contribution in [2.75, 3.05) is 0 Å². The van der Waals surface area contributed by atoms with Gasteiger partial charge in [0.2, 0.25) is 0 Å². The maximum absolute atomic E-state index is 13.6. The van der Waals surface area contributed by atoms with Crippen molar-refractivity contribution in [3.05, 3.63) is 94.1 Å². The highest BCUT2D eigenvalue weighted by molar-refractivity contribution is 6.06. The van der Waals surface area contributed by atoms with Crippen molar-refractivity contribution in [1.29, 1.82) is 0 Å². The number of benzene rings is 2. The molecule has 156 valence electrons. The molecule has 1 amide bonds. The van der Waals surface area contributed by atoms with Crippen molar-refractivity contribution in [2.24, 2.45) is 10.7 Å². The number of primary amides is 1. The van der Waals surface area contributed by atoms with Crippen LogP contribution in [0.15, 0.2) is 70.9 Å². The van der Waals surface area contributed by atoms with E-state index in [2.05, 4.69) is 27.8 Å². The number of carbonyl (C=O) groups excluding carboxylic acids is 1. The van der Waals surface area contributed by atoms with Gasteiger partial charge in [-0.1, -0.05) is 30.3 Å². The molecule has 5 N–H and O–H groups in total. The Kier molecular flexibility index (Phi) is 4.58. The predicted octanol–water partition coefficient (Wildman–Crippen LogP) is 3.72. The van der Waals surface area contributed by atoms with Crippen LogP contribution in [0, 0.1) is 12.7 Å². The summed E-state index contributed by atoms with van der Waals surface area (Å²) in [5, 5.41) is 7.80. The molecule has 0 spiro atoms. The van der Waals surface area contributed by atoms with Crippen LogP contribution >= 0.6 is 0 Å². The molecule has 1 aliphatic heterocycles. The third-order valence-electron chi connectivity index (χ3n) is 5.73. The maximum Gasteiger partial charge on any atom is 0.250 e. The Hall–Kier alpha value is -3.87. The van der Waals surface area contributed by atoms with E-state index in [1.165, 1.54) is 12.1 Å². The highest BCUT2D eigenvalue weighted by Gasteiger charge is 2.28. The molecule has 2 aliphatic rings. The number of amides is 1. The zero-order chi connectivity index (χ0) is 21.5. The Morgan fingerprint density at radius 2 is 2.13 bits per heavy atom. The number of fused-ring (bicyclic) bond motifs is 1. The van der Waals surface area contributed by atoms with Crippen molar-refractivity contribution >= 4 is 22.6 Å². The lowest BCUT2D eigenvalue weighted by atomic mass is 10.0. The highest BCUT2D eigenvalue weighted by atomic mass is 19.1. The number of nitrogens with two attached hydrogens (primary N) is 1. The number of allylic oxidation sites excluding steroid dienone is 2. The molecular formula is C24H22FN5O. The van der Waals surface area contributed by atoms with Gasteiger partial charge in [-0.3, -0.25) is 4.79 Å². The topological polar surface area (TPSA) is 95.3 Å². The summed E-state index contributed by atoms with van der Waals surface area (Å²) >= 11 is 0. The van der Waals surface area contributed by atoms with E-state index < -0.39 is 5.91 Å². The number of aromatic nitrogens is 1. The molecule has 3 aromatic rings. The summed E-state index contributed by atoms with van der Waals surface area (Å²) in [6.07, 6.45) is 4.59. The normalized spacial score (nSPS) is 17.5. The number of nitrogens with one attached hydrogen (secondary N) is 3. The van der Waals surface area contributed by atoms with E-state index >= 15 is 0 Å². The van der Waals surface area contributed by atoms with Crippen LogP contribution in [0.3, 0.4) is 0 Å². The standard InChI is InChI=1S/C24H22FN5O/c1-13-20(17-8-3-9-18(22(26)31)21(17)28-13)24-29-19-10-4-7-16(19)23(30-24)27-12-14-5-2-6-15(25)11-14/h2-6,8-11,24,28-29H,7,12H2,1H3,(H2,26,31)(H,27,30). The van der Waals surface area contributed by atoms with Crippen LogP contribution in [0.2, 0.25) is 0 Å². The van der Waals surface area contributed by atoms with Crippen molar-refractivity contribution in [3.63, 3.8) is 0 Å². The zero-order valence-electron chi connectivity index (χ0n) is 17.0. The quantitative estimate of drug-likeness (QED) is 0.523. The average molecular weight is 415 g/mol. The highest BCUT2D eigenvalue weighted by Crippen LogP contribution is 2.35. The lowest BCUT2D eigenvalue weighted by Gasteiger charge is -2.26. The fourth-order valence-electron chi connectivity index (χ4n) is 4.30. The molecule has 31 heavy (non-hydrogen) atoms. The summed E-state index contributed by atoms with van der Waals surface area (Å²) in [6.45, 7) is 2.43. The maximum atomic E-state index is 13.6. The fourth-order valence-corrected chi connectivity index (χ4v) is 4.30. The number of carbonyl (C=O) groups is 1. The van der Waals surface area contributed by atoms with Crippen molar-refractivity contribution < 1.29 is 9.18 Å². The van der Waals surface area contributed by atoms with Crippen LogP contribution in [0.25, 0.3) is 10.9 Å². The van der Waals surface area contributed by atoms with Crippen LogP contribution < -0.4 is 16.4 Å². The largest absolute Gasteiger partial charge is 0.366 e. The summed E-state index contributed by atoms with van der Waals surface area (Å²) in [7, 11) is 0. The summed E-state index contributed by atoms with van der Waals surface area (Å²) in [4.78, 5) is 20.1. The van der Waals surface area contributed by atoms with Gasteiger partial charge in [-0.05, 0) is 43.2 Å². The van der Waals surface area contributed by atoms with Gasteiger partial charge in [0.25, 0.3) is 5.91 Å². The third kappa shape index (κ3) is 3.38. The van der Waals surface area contributed by atoms with Gasteiger partial charge in [0, 0.05) is 34.5 Å². The smallest absolute Gasteiger partial charge is 0.250 e. The number of aromatic amines is 1. The first-order valence-corrected chi connectivity index (χ1v) is 10.1. The van der Waals surface area contributed by atoms with Gasteiger partial charge < -0.3 is 21.4 Å². The number of aryl methyl sites for hydroxylation is 1. The van der Waals surface area contributed by atoms with Crippen LogP contribution in [-0.2, 0) is 6.54 Å². The molecule has 0 bridgehead atoms. The van der Waals surface area contributed by atoms with Crippen molar-refractivity contribution in [2.45, 2.75) is 26.1 Å². The van der Waals surface area contributed by atoms with E-state index in [0.29, 0.717) is 12.1 Å². The molecule has 1 atom stereocenters. The minimum atomic E-state index is -0.473. The average Bonchev–Trinajstić information content (AvgIpc) is 3.35. The molecule has 0 saturated heterocycles. The number of amidine groups is 1. The first-order valence-electron chi connectivity index (χ1n) is 10.1. The van der Waals surface area contributed by atoms with E-state index in [4.69, 9.17) is 10.7 Å². The summed E-state index contributed by atoms with van der Waals surface area (Å²) in [5.74, 6) is 0.0547. The molecular weight excluding hydrogens is 393 g/mol. The SMILES string of the molecule is Cc1[nH]c2c(C(N)=O)cccc2c1C1N=C(NCc2cccc(F)c2)C2=C(C=CC2)N1. The van der Waals surface area contributed by atoms with Crippen LogP contribution in [0.4, 0.5) is 4.39 Å². The Bertz CT molecular complexity index is 1300. The minimum Gasteiger partial charge on any atom is -0.366 e. The zero-order valence-corrected chi connectivity index (χ0v) is 17.0. The van der Waals surface area contributed by atoms with E-state index in [1.807, 2.05) is 25.1 Å². The van der Waals surface area contributed by atoms with E-state index in [0.717, 1.165) is 51.3 Å². The van der Waals surface area contributed by atoms with Crippen LogP contribution in [0.1, 0.15) is 39.8 Å². The number of rotatable bonds is 4. The lowest BCUT2D eigenvalue weighted by molar-refractivity contribution is 0.100. The molecule has 5 rings (SSSR count). The minimum absolute atomic E-state index is 0.258. The van der Waals surface area contributed by atoms with Gasteiger partial charge in [-0.15, -0.1) is 0 Å². The molecule has 0 fully saturated rings. The van der Waals surface area contributed by atoms with E-state index in [-0.39, 0.29) is 12.0 Å². The number of aliphatic imine (C=N–C) groups is 1. The number of H-pyrrole nitrogens is 1. The van der Waals surface area contributed by atoms with Crippen LogP contribution in [0.5, 0.6) is 0 Å². The lowest BCUT2D eigenvalue weighted by Crippen LogP contribution is -2.34. The van der Waals surface area contributed by atoms with E-state index in [1.54, 1.807) is 12.1 Å². The molecule has 1 aliphatic carbocycles. The summed E-state index contributed by atoms with van der Waals surface area (Å²) in [6, 6.07) is 12.0. The molecule has 7 heteroatoms. The number of hydrogen-bond acceptors (Lipinski definition) is 4.